The molecule has 2 heterocycles. The molecule has 0 spiro atoms. The molecule has 0 amide bonds. The zero-order valence-electron chi connectivity index (χ0n) is 15.3. The van der Waals surface area contributed by atoms with E-state index in [2.05, 4.69) is 9.55 Å². The second-order valence-corrected chi connectivity index (χ2v) is 7.59. The molecule has 0 radical (unpaired) electrons. The van der Waals surface area contributed by atoms with E-state index in [1.54, 1.807) is 0 Å². The van der Waals surface area contributed by atoms with Crippen LogP contribution in [0.1, 0.15) is 16.8 Å². The molecule has 0 unspecified atom stereocenters. The Morgan fingerprint density at radius 3 is 2.34 bits per heavy atom. The molecule has 2 nitrogen and oxygen atoms in total. The molecule has 0 fully saturated rings. The lowest BCUT2D eigenvalue weighted by molar-refractivity contribution is -0.137. The number of rotatable bonds is 3. The molecule has 0 aliphatic rings. The van der Waals surface area contributed by atoms with Crippen LogP contribution in [0.5, 0.6) is 0 Å². The molecule has 7 heteroatoms. The summed E-state index contributed by atoms with van der Waals surface area (Å²) in [6, 6.07) is 16.2. The van der Waals surface area contributed by atoms with Crippen molar-refractivity contribution in [3.05, 3.63) is 87.7 Å². The van der Waals surface area contributed by atoms with Gasteiger partial charge in [-0.3, -0.25) is 4.98 Å². The summed E-state index contributed by atoms with van der Waals surface area (Å²) in [6.45, 7) is 2.50. The topological polar surface area (TPSA) is 17.8 Å². The summed E-state index contributed by atoms with van der Waals surface area (Å²) < 4.78 is 41.1. The van der Waals surface area contributed by atoms with E-state index in [1.807, 2.05) is 55.5 Å². The monoisotopic (exact) mass is 434 g/mol. The van der Waals surface area contributed by atoms with Crippen LogP contribution in [0.15, 0.2) is 60.8 Å². The van der Waals surface area contributed by atoms with Gasteiger partial charge in [0.05, 0.1) is 16.3 Å². The summed E-state index contributed by atoms with van der Waals surface area (Å²) >= 11 is 12.2. The lowest BCUT2D eigenvalue weighted by Gasteiger charge is -2.11. The van der Waals surface area contributed by atoms with Gasteiger partial charge in [-0.25, -0.2) is 0 Å². The van der Waals surface area contributed by atoms with Crippen molar-refractivity contribution in [2.45, 2.75) is 19.6 Å². The normalized spacial score (nSPS) is 11.9. The summed E-state index contributed by atoms with van der Waals surface area (Å²) in [5.74, 6) is 0. The van der Waals surface area contributed by atoms with E-state index in [0.29, 0.717) is 17.3 Å². The van der Waals surface area contributed by atoms with Crippen LogP contribution < -0.4 is 0 Å². The van der Waals surface area contributed by atoms with Crippen molar-refractivity contribution in [2.24, 2.45) is 0 Å². The maximum absolute atomic E-state index is 13.0. The van der Waals surface area contributed by atoms with Gasteiger partial charge in [0.1, 0.15) is 0 Å². The van der Waals surface area contributed by atoms with Crippen LogP contribution in [-0.4, -0.2) is 9.55 Å². The van der Waals surface area contributed by atoms with Gasteiger partial charge in [0.15, 0.2) is 0 Å². The van der Waals surface area contributed by atoms with E-state index >= 15 is 0 Å². The summed E-state index contributed by atoms with van der Waals surface area (Å²) in [7, 11) is 0. The van der Waals surface area contributed by atoms with Crippen molar-refractivity contribution in [3.63, 3.8) is 0 Å². The molecule has 0 N–H and O–H groups in total. The number of fused-ring (bicyclic) bond motifs is 1. The van der Waals surface area contributed by atoms with Gasteiger partial charge in [-0.1, -0.05) is 53.5 Å². The highest BCUT2D eigenvalue weighted by Gasteiger charge is 2.32. The Bertz CT molecular complexity index is 1200. The van der Waals surface area contributed by atoms with Gasteiger partial charge in [0.25, 0.3) is 0 Å². The van der Waals surface area contributed by atoms with Gasteiger partial charge in [-0.2, -0.15) is 13.2 Å². The van der Waals surface area contributed by atoms with E-state index in [9.17, 15) is 13.2 Å². The third-order valence-corrected chi connectivity index (χ3v) is 5.43. The Morgan fingerprint density at radius 2 is 1.69 bits per heavy atom. The molecule has 0 aliphatic heterocycles. The first-order valence-corrected chi connectivity index (χ1v) is 9.56. The van der Waals surface area contributed by atoms with Crippen molar-refractivity contribution >= 4 is 34.1 Å². The van der Waals surface area contributed by atoms with Crippen molar-refractivity contribution in [3.8, 4) is 11.3 Å². The highest BCUT2D eigenvalue weighted by molar-refractivity contribution is 6.33. The number of nitrogens with zero attached hydrogens (tertiary/aromatic N) is 2. The van der Waals surface area contributed by atoms with E-state index in [4.69, 9.17) is 23.2 Å². The average molecular weight is 435 g/mol. The van der Waals surface area contributed by atoms with E-state index in [0.717, 1.165) is 40.0 Å². The number of para-hydroxylation sites is 1. The van der Waals surface area contributed by atoms with Crippen LogP contribution in [0.25, 0.3) is 22.2 Å². The van der Waals surface area contributed by atoms with Crippen LogP contribution in [0.4, 0.5) is 13.2 Å². The number of halogens is 5. The van der Waals surface area contributed by atoms with E-state index in [-0.39, 0.29) is 5.02 Å². The Hall–Kier alpha value is -2.50. The molecule has 0 saturated carbocycles. The maximum atomic E-state index is 13.0. The summed E-state index contributed by atoms with van der Waals surface area (Å²) in [6.07, 6.45) is -3.67. The third-order valence-electron chi connectivity index (χ3n) is 4.89. The largest absolute Gasteiger partial charge is 0.417 e. The van der Waals surface area contributed by atoms with E-state index < -0.39 is 11.7 Å². The predicted molar refractivity (Wildman–Crippen MR) is 110 cm³/mol. The van der Waals surface area contributed by atoms with Gasteiger partial charge in [0, 0.05) is 39.9 Å². The zero-order valence-corrected chi connectivity index (χ0v) is 16.8. The number of hydrogen-bond acceptors (Lipinski definition) is 1. The minimum Gasteiger partial charge on any atom is -0.340 e. The molecule has 2 aromatic carbocycles. The molecule has 29 heavy (non-hydrogen) atoms. The van der Waals surface area contributed by atoms with Gasteiger partial charge < -0.3 is 4.57 Å². The van der Waals surface area contributed by atoms with Gasteiger partial charge in [-0.15, -0.1) is 0 Å². The van der Waals surface area contributed by atoms with Gasteiger partial charge >= 0.3 is 6.18 Å². The van der Waals surface area contributed by atoms with Crippen LogP contribution in [0.3, 0.4) is 0 Å². The predicted octanol–water partition coefficient (Wildman–Crippen LogP) is 7.39. The molecule has 4 rings (SSSR count). The molecular weight excluding hydrogens is 420 g/mol. The van der Waals surface area contributed by atoms with Crippen LogP contribution in [-0.2, 0) is 12.7 Å². The van der Waals surface area contributed by atoms with Crippen molar-refractivity contribution in [1.29, 1.82) is 0 Å². The summed E-state index contributed by atoms with van der Waals surface area (Å²) in [5.41, 5.74) is 3.07. The number of aromatic nitrogens is 2. The van der Waals surface area contributed by atoms with Gasteiger partial charge in [-0.05, 0) is 36.8 Å². The standard InChI is InChI=1S/C22H15Cl2F3N2/c1-13-20(21-18(24)10-15(11-28-21)22(25,26)27)17-4-2-3-5-19(17)29(13)12-14-6-8-16(23)9-7-14/h2-11H,12H2,1H3. The number of hydrogen-bond donors (Lipinski definition) is 0. The second-order valence-electron chi connectivity index (χ2n) is 6.74. The van der Waals surface area contributed by atoms with Crippen LogP contribution >= 0.6 is 23.2 Å². The van der Waals surface area contributed by atoms with Crippen LogP contribution in [0, 0.1) is 6.92 Å². The third kappa shape index (κ3) is 3.72. The zero-order chi connectivity index (χ0) is 20.8. The van der Waals surface area contributed by atoms with Crippen molar-refractivity contribution < 1.29 is 13.2 Å². The quantitative estimate of drug-likeness (QED) is 0.328. The highest BCUT2D eigenvalue weighted by Crippen LogP contribution is 2.39. The lowest BCUT2D eigenvalue weighted by atomic mass is 10.1. The highest BCUT2D eigenvalue weighted by atomic mass is 35.5. The molecule has 0 aliphatic carbocycles. The fourth-order valence-electron chi connectivity index (χ4n) is 3.48. The molecule has 148 valence electrons. The first kappa shape index (κ1) is 19.8. The Labute approximate surface area is 175 Å². The molecule has 2 aromatic heterocycles. The van der Waals surface area contributed by atoms with Crippen molar-refractivity contribution in [2.75, 3.05) is 0 Å². The van der Waals surface area contributed by atoms with Gasteiger partial charge in [0.2, 0.25) is 0 Å². The Kier molecular flexibility index (Phi) is 5.05. The molecule has 0 bridgehead atoms. The maximum Gasteiger partial charge on any atom is 0.417 e. The molecule has 4 aromatic rings. The Morgan fingerprint density at radius 1 is 1.00 bits per heavy atom. The SMILES string of the molecule is Cc1c(-c2ncc(C(F)(F)F)cc2Cl)c2ccccc2n1Cc1ccc(Cl)cc1. The van der Waals surface area contributed by atoms with E-state index in [1.165, 1.54) is 0 Å². The average Bonchev–Trinajstić information content (AvgIpc) is 2.95. The molecule has 0 atom stereocenters. The lowest BCUT2D eigenvalue weighted by Crippen LogP contribution is -2.06. The summed E-state index contributed by atoms with van der Waals surface area (Å²) in [5, 5.41) is 1.51. The number of benzene rings is 2. The second kappa shape index (κ2) is 7.39. The minimum atomic E-state index is -4.49. The first-order chi connectivity index (χ1) is 13.8. The first-order valence-electron chi connectivity index (χ1n) is 8.81. The summed E-state index contributed by atoms with van der Waals surface area (Å²) in [4.78, 5) is 4.08. The number of pyridine rings is 1. The molecular formula is C22H15Cl2F3N2. The minimum absolute atomic E-state index is 0.0303. The fraction of sp³-hybridized carbons (Fsp3) is 0.136. The smallest absolute Gasteiger partial charge is 0.340 e. The number of alkyl halides is 3. The van der Waals surface area contributed by atoms with Crippen molar-refractivity contribution in [1.82, 2.24) is 9.55 Å². The van der Waals surface area contributed by atoms with Crippen LogP contribution in [0.2, 0.25) is 10.0 Å². The Balaban J connectivity index is 1.88. The molecule has 0 saturated heterocycles. The fourth-order valence-corrected chi connectivity index (χ4v) is 3.87.